The normalized spacial score (nSPS) is 10.4. The molecule has 0 aliphatic carbocycles. The molecule has 6 heteroatoms. The Labute approximate surface area is 115 Å². The molecular weight excluding hydrogens is 385 g/mol. The summed E-state index contributed by atoms with van der Waals surface area (Å²) in [5, 5.41) is 6.88. The lowest BCUT2D eigenvalue weighted by Gasteiger charge is -2.05. The number of nitrogens with two attached hydrogens (primary N) is 1. The highest BCUT2D eigenvalue weighted by atomic mass is 127. The summed E-state index contributed by atoms with van der Waals surface area (Å²) in [7, 11) is 1.64. The van der Waals surface area contributed by atoms with Gasteiger partial charge in [-0.3, -0.25) is 5.10 Å². The predicted octanol–water partition coefficient (Wildman–Crippen LogP) is 3.03. The van der Waals surface area contributed by atoms with Crippen LogP contribution in [0, 0.1) is 3.57 Å². The molecule has 3 N–H and O–H groups in total. The number of hydrogen-bond donors (Lipinski definition) is 2. The fourth-order valence-corrected chi connectivity index (χ4v) is 2.43. The molecule has 0 amide bonds. The molecular formula is C10H9BrIN3O. The van der Waals surface area contributed by atoms with Gasteiger partial charge in [-0.1, -0.05) is 0 Å². The van der Waals surface area contributed by atoms with Crippen LogP contribution in [0.4, 0.5) is 5.82 Å². The molecule has 0 saturated heterocycles. The van der Waals surface area contributed by atoms with E-state index in [0.717, 1.165) is 25.0 Å². The first kappa shape index (κ1) is 11.7. The quantitative estimate of drug-likeness (QED) is 0.771. The third-order valence-electron chi connectivity index (χ3n) is 2.18. The molecule has 0 radical (unpaired) electrons. The van der Waals surface area contributed by atoms with Gasteiger partial charge in [0.05, 0.1) is 16.4 Å². The fraction of sp³-hybridized carbons (Fsp3) is 0.100. The van der Waals surface area contributed by atoms with Gasteiger partial charge in [-0.05, 0) is 56.7 Å². The van der Waals surface area contributed by atoms with E-state index in [-0.39, 0.29) is 0 Å². The SMILES string of the molecule is COc1ccc(-c2[nH]nc(N)c2I)c(Br)c1. The molecule has 0 bridgehead atoms. The number of hydrogen-bond acceptors (Lipinski definition) is 3. The molecule has 4 nitrogen and oxygen atoms in total. The number of rotatable bonds is 2. The summed E-state index contributed by atoms with van der Waals surface area (Å²) in [5.41, 5.74) is 7.61. The van der Waals surface area contributed by atoms with Gasteiger partial charge in [0.2, 0.25) is 0 Å². The predicted molar refractivity (Wildman–Crippen MR) is 75.4 cm³/mol. The molecule has 0 saturated carbocycles. The molecule has 0 aliphatic rings. The summed E-state index contributed by atoms with van der Waals surface area (Å²) in [5.74, 6) is 1.32. The number of H-pyrrole nitrogens is 1. The van der Waals surface area contributed by atoms with Crippen molar-refractivity contribution in [3.63, 3.8) is 0 Å². The van der Waals surface area contributed by atoms with E-state index in [1.54, 1.807) is 7.11 Å². The van der Waals surface area contributed by atoms with Crippen LogP contribution in [0.5, 0.6) is 5.75 Å². The number of anilines is 1. The van der Waals surface area contributed by atoms with Gasteiger partial charge in [0, 0.05) is 10.0 Å². The molecule has 16 heavy (non-hydrogen) atoms. The van der Waals surface area contributed by atoms with Crippen molar-refractivity contribution in [3.8, 4) is 17.0 Å². The van der Waals surface area contributed by atoms with Gasteiger partial charge in [-0.15, -0.1) is 0 Å². The van der Waals surface area contributed by atoms with Crippen molar-refractivity contribution in [1.82, 2.24) is 10.2 Å². The van der Waals surface area contributed by atoms with Crippen molar-refractivity contribution < 1.29 is 4.74 Å². The third kappa shape index (κ3) is 2.03. The van der Waals surface area contributed by atoms with Crippen molar-refractivity contribution in [2.75, 3.05) is 12.8 Å². The summed E-state index contributed by atoms with van der Waals surface area (Å²) in [4.78, 5) is 0. The van der Waals surface area contributed by atoms with Crippen LogP contribution < -0.4 is 10.5 Å². The zero-order valence-corrected chi connectivity index (χ0v) is 12.2. The third-order valence-corrected chi connectivity index (χ3v) is 3.93. The number of aromatic amines is 1. The first-order chi connectivity index (χ1) is 7.63. The standard InChI is InChI=1S/C10H9BrIN3O/c1-16-5-2-3-6(7(11)4-5)9-8(12)10(13)15-14-9/h2-4H,1H3,(H3,13,14,15). The number of nitrogens with one attached hydrogen (secondary N) is 1. The molecule has 1 aromatic heterocycles. The van der Waals surface area contributed by atoms with Crippen molar-refractivity contribution in [2.45, 2.75) is 0 Å². The van der Waals surface area contributed by atoms with E-state index in [4.69, 9.17) is 10.5 Å². The van der Waals surface area contributed by atoms with Crippen molar-refractivity contribution in [2.24, 2.45) is 0 Å². The van der Waals surface area contributed by atoms with Crippen LogP contribution in [0.15, 0.2) is 22.7 Å². The monoisotopic (exact) mass is 393 g/mol. The minimum atomic E-state index is 0.512. The number of methoxy groups -OCH3 is 1. The number of nitrogen functional groups attached to an aromatic ring is 1. The maximum atomic E-state index is 5.69. The number of nitrogens with zero attached hydrogens (tertiary/aromatic N) is 1. The maximum Gasteiger partial charge on any atom is 0.159 e. The van der Waals surface area contributed by atoms with Gasteiger partial charge in [-0.25, -0.2) is 0 Å². The fourth-order valence-electron chi connectivity index (χ4n) is 1.35. The van der Waals surface area contributed by atoms with Gasteiger partial charge >= 0.3 is 0 Å². The Bertz CT molecular complexity index is 527. The first-order valence-corrected chi connectivity index (χ1v) is 6.34. The lowest BCUT2D eigenvalue weighted by Crippen LogP contribution is -1.88. The van der Waals surface area contributed by atoms with Gasteiger partial charge in [-0.2, -0.15) is 5.10 Å². The molecule has 1 heterocycles. The van der Waals surface area contributed by atoms with Crippen LogP contribution in [0.1, 0.15) is 0 Å². The molecule has 0 unspecified atom stereocenters. The zero-order chi connectivity index (χ0) is 11.7. The Morgan fingerprint density at radius 1 is 1.50 bits per heavy atom. The highest BCUT2D eigenvalue weighted by Crippen LogP contribution is 2.34. The number of aromatic nitrogens is 2. The second kappa shape index (κ2) is 4.62. The lowest BCUT2D eigenvalue weighted by molar-refractivity contribution is 0.414. The van der Waals surface area contributed by atoms with E-state index < -0.39 is 0 Å². The minimum absolute atomic E-state index is 0.512. The summed E-state index contributed by atoms with van der Waals surface area (Å²) in [6.07, 6.45) is 0. The Kier molecular flexibility index (Phi) is 3.38. The number of ether oxygens (including phenoxy) is 1. The molecule has 2 rings (SSSR count). The van der Waals surface area contributed by atoms with Crippen LogP contribution in [0.2, 0.25) is 0 Å². The summed E-state index contributed by atoms with van der Waals surface area (Å²) in [6, 6.07) is 5.76. The van der Waals surface area contributed by atoms with Crippen LogP contribution in [-0.2, 0) is 0 Å². The van der Waals surface area contributed by atoms with E-state index in [2.05, 4.69) is 48.7 Å². The summed E-state index contributed by atoms with van der Waals surface area (Å²) >= 11 is 5.66. The molecule has 2 aromatic rings. The molecule has 0 atom stereocenters. The lowest BCUT2D eigenvalue weighted by atomic mass is 10.1. The van der Waals surface area contributed by atoms with E-state index in [0.29, 0.717) is 5.82 Å². The van der Waals surface area contributed by atoms with Gasteiger partial charge < -0.3 is 10.5 Å². The number of halogens is 2. The van der Waals surface area contributed by atoms with Crippen LogP contribution in [0.25, 0.3) is 11.3 Å². The largest absolute Gasteiger partial charge is 0.497 e. The van der Waals surface area contributed by atoms with Crippen LogP contribution in [-0.4, -0.2) is 17.3 Å². The maximum absolute atomic E-state index is 5.69. The Morgan fingerprint density at radius 3 is 2.75 bits per heavy atom. The first-order valence-electron chi connectivity index (χ1n) is 4.46. The average Bonchev–Trinajstić information content (AvgIpc) is 2.60. The highest BCUT2D eigenvalue weighted by molar-refractivity contribution is 14.1. The van der Waals surface area contributed by atoms with Gasteiger partial charge in [0.15, 0.2) is 5.82 Å². The Morgan fingerprint density at radius 2 is 2.25 bits per heavy atom. The molecule has 84 valence electrons. The van der Waals surface area contributed by atoms with E-state index in [9.17, 15) is 0 Å². The van der Waals surface area contributed by atoms with Crippen molar-refractivity contribution >= 4 is 44.3 Å². The second-order valence-corrected chi connectivity index (χ2v) is 5.08. The van der Waals surface area contributed by atoms with E-state index in [1.807, 2.05) is 18.2 Å². The van der Waals surface area contributed by atoms with Crippen molar-refractivity contribution in [3.05, 3.63) is 26.2 Å². The van der Waals surface area contributed by atoms with Crippen molar-refractivity contribution in [1.29, 1.82) is 0 Å². The van der Waals surface area contributed by atoms with Gasteiger partial charge in [0.25, 0.3) is 0 Å². The second-order valence-electron chi connectivity index (χ2n) is 3.14. The van der Waals surface area contributed by atoms with E-state index >= 15 is 0 Å². The van der Waals surface area contributed by atoms with E-state index in [1.165, 1.54) is 0 Å². The Balaban J connectivity index is 2.52. The molecule has 0 spiro atoms. The molecule has 0 fully saturated rings. The van der Waals surface area contributed by atoms with Crippen LogP contribution >= 0.6 is 38.5 Å². The van der Waals surface area contributed by atoms with Crippen LogP contribution in [0.3, 0.4) is 0 Å². The zero-order valence-electron chi connectivity index (χ0n) is 8.42. The minimum Gasteiger partial charge on any atom is -0.497 e. The smallest absolute Gasteiger partial charge is 0.159 e. The average molecular weight is 394 g/mol. The summed E-state index contributed by atoms with van der Waals surface area (Å²) < 4.78 is 7.00. The molecule has 1 aromatic carbocycles. The topological polar surface area (TPSA) is 63.9 Å². The molecule has 0 aliphatic heterocycles. The Hall–Kier alpha value is -0.760. The highest BCUT2D eigenvalue weighted by Gasteiger charge is 2.12. The summed E-state index contributed by atoms with van der Waals surface area (Å²) in [6.45, 7) is 0. The van der Waals surface area contributed by atoms with Gasteiger partial charge in [0.1, 0.15) is 5.75 Å². The number of benzene rings is 1.